The van der Waals surface area contributed by atoms with Gasteiger partial charge in [0.2, 0.25) is 0 Å². The van der Waals surface area contributed by atoms with E-state index in [1.54, 1.807) is 0 Å². The van der Waals surface area contributed by atoms with E-state index in [9.17, 15) is 5.11 Å². The quantitative estimate of drug-likeness (QED) is 0.639. The molecule has 1 aliphatic carbocycles. The lowest BCUT2D eigenvalue weighted by Crippen LogP contribution is -2.04. The van der Waals surface area contributed by atoms with E-state index < -0.39 is 0 Å². The SMILES string of the molecule is CC(C)C[C@@H]1C[C@H]1C(C)O. The molecule has 0 aliphatic heterocycles. The lowest BCUT2D eigenvalue weighted by atomic mass is 10.0. The molecule has 0 heterocycles. The molecule has 1 N–H and O–H groups in total. The molecule has 1 saturated carbocycles. The Kier molecular flexibility index (Phi) is 2.35. The van der Waals surface area contributed by atoms with Crippen LogP contribution in [0.1, 0.15) is 33.6 Å². The van der Waals surface area contributed by atoms with Gasteiger partial charge < -0.3 is 5.11 Å². The summed E-state index contributed by atoms with van der Waals surface area (Å²) in [7, 11) is 0. The summed E-state index contributed by atoms with van der Waals surface area (Å²) in [4.78, 5) is 0. The number of rotatable bonds is 3. The van der Waals surface area contributed by atoms with E-state index in [1.807, 2.05) is 6.92 Å². The molecular weight excluding hydrogens is 124 g/mol. The van der Waals surface area contributed by atoms with Crippen LogP contribution in [0.4, 0.5) is 0 Å². The van der Waals surface area contributed by atoms with Gasteiger partial charge in [-0.2, -0.15) is 0 Å². The van der Waals surface area contributed by atoms with Crippen LogP contribution in [0.15, 0.2) is 0 Å². The van der Waals surface area contributed by atoms with Crippen molar-refractivity contribution in [3.63, 3.8) is 0 Å². The van der Waals surface area contributed by atoms with Crippen LogP contribution in [-0.2, 0) is 0 Å². The van der Waals surface area contributed by atoms with Crippen LogP contribution in [-0.4, -0.2) is 11.2 Å². The van der Waals surface area contributed by atoms with E-state index in [2.05, 4.69) is 13.8 Å². The minimum Gasteiger partial charge on any atom is -0.393 e. The third kappa shape index (κ3) is 1.98. The fraction of sp³-hybridized carbons (Fsp3) is 1.00. The molecule has 1 unspecified atom stereocenters. The van der Waals surface area contributed by atoms with Gasteiger partial charge in [-0.25, -0.2) is 0 Å². The highest BCUT2D eigenvalue weighted by Crippen LogP contribution is 2.45. The molecule has 1 aliphatic rings. The summed E-state index contributed by atoms with van der Waals surface area (Å²) < 4.78 is 0. The van der Waals surface area contributed by atoms with Gasteiger partial charge in [0, 0.05) is 0 Å². The molecule has 0 spiro atoms. The number of aliphatic hydroxyl groups is 1. The first-order valence-corrected chi connectivity index (χ1v) is 4.29. The van der Waals surface area contributed by atoms with Gasteiger partial charge in [0.15, 0.2) is 0 Å². The molecule has 0 saturated heterocycles. The van der Waals surface area contributed by atoms with Crippen LogP contribution >= 0.6 is 0 Å². The standard InChI is InChI=1S/C9H18O/c1-6(2)4-8-5-9(8)7(3)10/h6-10H,4-5H2,1-3H3/t7?,8-,9+/m1/s1. The fourth-order valence-corrected chi connectivity index (χ4v) is 1.74. The smallest absolute Gasteiger partial charge is 0.0543 e. The summed E-state index contributed by atoms with van der Waals surface area (Å²) in [5, 5.41) is 9.18. The summed E-state index contributed by atoms with van der Waals surface area (Å²) in [6.45, 7) is 6.40. The Morgan fingerprint density at radius 1 is 1.40 bits per heavy atom. The molecule has 60 valence electrons. The monoisotopic (exact) mass is 142 g/mol. The Balaban J connectivity index is 2.13. The zero-order valence-electron chi connectivity index (χ0n) is 7.17. The second-order valence-electron chi connectivity index (χ2n) is 4.03. The van der Waals surface area contributed by atoms with Crippen molar-refractivity contribution in [2.75, 3.05) is 0 Å². The summed E-state index contributed by atoms with van der Waals surface area (Å²) in [5.41, 5.74) is 0. The largest absolute Gasteiger partial charge is 0.393 e. The predicted octanol–water partition coefficient (Wildman–Crippen LogP) is 2.05. The molecular formula is C9H18O. The molecule has 10 heavy (non-hydrogen) atoms. The highest BCUT2D eigenvalue weighted by atomic mass is 16.3. The van der Waals surface area contributed by atoms with Gasteiger partial charge in [-0.3, -0.25) is 0 Å². The minimum atomic E-state index is -0.0660. The van der Waals surface area contributed by atoms with Crippen LogP contribution in [0.3, 0.4) is 0 Å². The Labute approximate surface area is 63.4 Å². The zero-order valence-corrected chi connectivity index (χ0v) is 7.17. The van der Waals surface area contributed by atoms with Gasteiger partial charge in [0.05, 0.1) is 6.10 Å². The Morgan fingerprint density at radius 2 is 2.00 bits per heavy atom. The third-order valence-electron chi connectivity index (χ3n) is 2.37. The average Bonchev–Trinajstić information content (AvgIpc) is 2.43. The van der Waals surface area contributed by atoms with E-state index >= 15 is 0 Å². The lowest BCUT2D eigenvalue weighted by molar-refractivity contribution is 0.162. The van der Waals surface area contributed by atoms with E-state index in [1.165, 1.54) is 12.8 Å². The van der Waals surface area contributed by atoms with Crippen LogP contribution in [0, 0.1) is 17.8 Å². The molecule has 1 heteroatoms. The Morgan fingerprint density at radius 3 is 2.30 bits per heavy atom. The number of hydrogen-bond donors (Lipinski definition) is 1. The number of hydrogen-bond acceptors (Lipinski definition) is 1. The van der Waals surface area contributed by atoms with Crippen LogP contribution in [0.5, 0.6) is 0 Å². The zero-order chi connectivity index (χ0) is 7.72. The van der Waals surface area contributed by atoms with Crippen molar-refractivity contribution in [1.29, 1.82) is 0 Å². The van der Waals surface area contributed by atoms with Gasteiger partial charge in [-0.05, 0) is 37.5 Å². The van der Waals surface area contributed by atoms with E-state index in [-0.39, 0.29) is 6.10 Å². The van der Waals surface area contributed by atoms with Crippen molar-refractivity contribution in [1.82, 2.24) is 0 Å². The van der Waals surface area contributed by atoms with E-state index in [4.69, 9.17) is 0 Å². The second-order valence-corrected chi connectivity index (χ2v) is 4.03. The summed E-state index contributed by atoms with van der Waals surface area (Å²) in [6.07, 6.45) is 2.49. The molecule has 0 amide bonds. The normalized spacial score (nSPS) is 34.5. The van der Waals surface area contributed by atoms with Crippen molar-refractivity contribution in [2.45, 2.75) is 39.7 Å². The molecule has 0 radical (unpaired) electrons. The highest BCUT2D eigenvalue weighted by molar-refractivity contribution is 4.89. The molecule has 0 aromatic carbocycles. The van der Waals surface area contributed by atoms with Crippen LogP contribution in [0.2, 0.25) is 0 Å². The molecule has 0 aromatic rings. The average molecular weight is 142 g/mol. The third-order valence-corrected chi connectivity index (χ3v) is 2.37. The van der Waals surface area contributed by atoms with Crippen molar-refractivity contribution >= 4 is 0 Å². The summed E-state index contributed by atoms with van der Waals surface area (Å²) >= 11 is 0. The molecule has 1 fully saturated rings. The maximum atomic E-state index is 9.18. The highest BCUT2D eigenvalue weighted by Gasteiger charge is 2.40. The second kappa shape index (κ2) is 2.91. The Bertz CT molecular complexity index is 107. The van der Waals surface area contributed by atoms with Crippen molar-refractivity contribution in [3.8, 4) is 0 Å². The predicted molar refractivity (Wildman–Crippen MR) is 42.7 cm³/mol. The van der Waals surface area contributed by atoms with E-state index in [0.29, 0.717) is 5.92 Å². The first-order valence-electron chi connectivity index (χ1n) is 4.29. The summed E-state index contributed by atoms with van der Waals surface area (Å²) in [6, 6.07) is 0. The molecule has 3 atom stereocenters. The molecule has 0 aromatic heterocycles. The van der Waals surface area contributed by atoms with Crippen molar-refractivity contribution < 1.29 is 5.11 Å². The molecule has 0 bridgehead atoms. The van der Waals surface area contributed by atoms with Gasteiger partial charge >= 0.3 is 0 Å². The first kappa shape index (κ1) is 8.06. The van der Waals surface area contributed by atoms with Gasteiger partial charge in [-0.15, -0.1) is 0 Å². The van der Waals surface area contributed by atoms with Crippen LogP contribution in [0.25, 0.3) is 0 Å². The fourth-order valence-electron chi connectivity index (χ4n) is 1.74. The van der Waals surface area contributed by atoms with Crippen LogP contribution < -0.4 is 0 Å². The Hall–Kier alpha value is -0.0400. The maximum Gasteiger partial charge on any atom is 0.0543 e. The topological polar surface area (TPSA) is 20.2 Å². The van der Waals surface area contributed by atoms with Crippen molar-refractivity contribution in [3.05, 3.63) is 0 Å². The van der Waals surface area contributed by atoms with Gasteiger partial charge in [0.25, 0.3) is 0 Å². The van der Waals surface area contributed by atoms with Crippen molar-refractivity contribution in [2.24, 2.45) is 17.8 Å². The maximum absolute atomic E-state index is 9.18. The summed E-state index contributed by atoms with van der Waals surface area (Å²) in [5.74, 6) is 2.26. The van der Waals surface area contributed by atoms with E-state index in [0.717, 1.165) is 11.8 Å². The number of aliphatic hydroxyl groups excluding tert-OH is 1. The molecule has 1 rings (SSSR count). The molecule has 1 nitrogen and oxygen atoms in total. The van der Waals surface area contributed by atoms with Gasteiger partial charge in [-0.1, -0.05) is 13.8 Å². The lowest BCUT2D eigenvalue weighted by Gasteiger charge is -2.04. The van der Waals surface area contributed by atoms with Gasteiger partial charge in [0.1, 0.15) is 0 Å². The first-order chi connectivity index (χ1) is 4.61. The minimum absolute atomic E-state index is 0.0660.